The van der Waals surface area contributed by atoms with Gasteiger partial charge in [-0.25, -0.2) is 4.98 Å². The Balaban J connectivity index is 1.40. The number of aliphatic hydroxyl groups is 2. The van der Waals surface area contributed by atoms with Crippen molar-refractivity contribution in [3.8, 4) is 11.3 Å². The van der Waals surface area contributed by atoms with Crippen molar-refractivity contribution in [1.82, 2.24) is 9.88 Å². The van der Waals surface area contributed by atoms with Crippen LogP contribution in [0.15, 0.2) is 23.6 Å². The van der Waals surface area contributed by atoms with Crippen LogP contribution in [0.25, 0.3) is 11.3 Å². The molecule has 1 aromatic heterocycles. The van der Waals surface area contributed by atoms with E-state index in [2.05, 4.69) is 56.2 Å². The Morgan fingerprint density at radius 3 is 2.45 bits per heavy atom. The maximum atomic E-state index is 10.0. The van der Waals surface area contributed by atoms with Gasteiger partial charge in [-0.1, -0.05) is 39.8 Å². The van der Waals surface area contributed by atoms with Gasteiger partial charge in [-0.2, -0.15) is 0 Å². The van der Waals surface area contributed by atoms with Crippen molar-refractivity contribution in [3.05, 3.63) is 39.7 Å². The van der Waals surface area contributed by atoms with Crippen molar-refractivity contribution in [2.75, 3.05) is 26.2 Å². The molecule has 33 heavy (non-hydrogen) atoms. The third-order valence-electron chi connectivity index (χ3n) is 8.05. The summed E-state index contributed by atoms with van der Waals surface area (Å²) < 4.78 is 0. The number of hydrogen-bond donors (Lipinski definition) is 3. The number of fused-ring (bicyclic) bond motifs is 1. The topological polar surface area (TPSA) is 82.6 Å². The number of aromatic nitrogens is 1. The number of likely N-dealkylation sites (tertiary alicyclic amines) is 1. The van der Waals surface area contributed by atoms with Gasteiger partial charge in [0, 0.05) is 23.4 Å². The van der Waals surface area contributed by atoms with Gasteiger partial charge < -0.3 is 20.8 Å². The quantitative estimate of drug-likeness (QED) is 0.557. The monoisotopic (exact) mass is 471 g/mol. The fourth-order valence-electron chi connectivity index (χ4n) is 5.41. The minimum absolute atomic E-state index is 0.172. The van der Waals surface area contributed by atoms with Crippen LogP contribution in [-0.4, -0.2) is 58.5 Å². The van der Waals surface area contributed by atoms with Crippen LogP contribution < -0.4 is 5.73 Å². The van der Waals surface area contributed by atoms with Crippen molar-refractivity contribution < 1.29 is 10.2 Å². The number of aliphatic hydroxyl groups excluding tert-OH is 2. The molecule has 0 spiro atoms. The van der Waals surface area contributed by atoms with E-state index in [4.69, 9.17) is 15.8 Å². The zero-order valence-corrected chi connectivity index (χ0v) is 21.5. The number of nitrogens with two attached hydrogens (primary N) is 1. The van der Waals surface area contributed by atoms with Crippen molar-refractivity contribution >= 4 is 11.3 Å². The maximum absolute atomic E-state index is 10.0. The van der Waals surface area contributed by atoms with Crippen molar-refractivity contribution in [3.63, 3.8) is 0 Å². The minimum atomic E-state index is -0.638. The van der Waals surface area contributed by atoms with E-state index in [-0.39, 0.29) is 17.4 Å². The molecule has 4 N–H and O–H groups in total. The first-order chi connectivity index (χ1) is 15.6. The molecule has 5 nitrogen and oxygen atoms in total. The van der Waals surface area contributed by atoms with Crippen LogP contribution in [0, 0.1) is 0 Å². The lowest BCUT2D eigenvalue weighted by Crippen LogP contribution is -2.41. The maximum Gasteiger partial charge on any atom is 0.0964 e. The predicted octanol–water partition coefficient (Wildman–Crippen LogP) is 4.41. The molecule has 182 valence electrons. The van der Waals surface area contributed by atoms with Gasteiger partial charge in [0.05, 0.1) is 29.5 Å². The number of thiazole rings is 1. The number of benzene rings is 1. The predicted molar refractivity (Wildman–Crippen MR) is 137 cm³/mol. The van der Waals surface area contributed by atoms with E-state index in [1.807, 2.05) is 0 Å². The molecule has 0 saturated carbocycles. The third kappa shape index (κ3) is 5.35. The highest BCUT2D eigenvalue weighted by molar-refractivity contribution is 7.10. The molecule has 1 aromatic carbocycles. The molecule has 0 radical (unpaired) electrons. The smallest absolute Gasteiger partial charge is 0.0964 e. The molecule has 1 fully saturated rings. The van der Waals surface area contributed by atoms with E-state index in [0.29, 0.717) is 12.3 Å². The van der Waals surface area contributed by atoms with Gasteiger partial charge in [0.1, 0.15) is 0 Å². The summed E-state index contributed by atoms with van der Waals surface area (Å²) in [6.07, 6.45) is 4.63. The Bertz CT molecular complexity index is 947. The second-order valence-corrected chi connectivity index (χ2v) is 12.3. The normalized spacial score (nSPS) is 22.6. The Kier molecular flexibility index (Phi) is 7.32. The van der Waals surface area contributed by atoms with Crippen LogP contribution in [0.1, 0.15) is 81.9 Å². The van der Waals surface area contributed by atoms with Gasteiger partial charge in [0.2, 0.25) is 0 Å². The molecule has 4 rings (SSSR count). The van der Waals surface area contributed by atoms with Crippen LogP contribution in [0.5, 0.6) is 0 Å². The van der Waals surface area contributed by atoms with Gasteiger partial charge >= 0.3 is 0 Å². The van der Waals surface area contributed by atoms with E-state index in [1.54, 1.807) is 11.3 Å². The van der Waals surface area contributed by atoms with E-state index < -0.39 is 12.1 Å². The SMILES string of the molecule is CC1(C)CCC(C)(C)c2cc(-c3csc(C4CCN(CC[C@H](O)[C@@H](N)CO)CC4)n3)ccc21. The molecule has 0 amide bonds. The van der Waals surface area contributed by atoms with Crippen molar-refractivity contribution in [2.45, 2.75) is 88.7 Å². The van der Waals surface area contributed by atoms with Crippen LogP contribution in [-0.2, 0) is 10.8 Å². The van der Waals surface area contributed by atoms with Crippen LogP contribution in [0.3, 0.4) is 0 Å². The van der Waals surface area contributed by atoms with Gasteiger partial charge in [0.15, 0.2) is 0 Å². The second-order valence-electron chi connectivity index (χ2n) is 11.4. The molecule has 2 aromatic rings. The molecular formula is C27H41N3O2S. The summed E-state index contributed by atoms with van der Waals surface area (Å²) >= 11 is 1.80. The molecule has 2 aliphatic rings. The molecule has 1 aliphatic carbocycles. The lowest BCUT2D eigenvalue weighted by Gasteiger charge is -2.42. The number of hydrogen-bond acceptors (Lipinski definition) is 6. The van der Waals surface area contributed by atoms with Crippen LogP contribution in [0.2, 0.25) is 0 Å². The van der Waals surface area contributed by atoms with E-state index in [9.17, 15) is 5.11 Å². The molecule has 6 heteroatoms. The Morgan fingerprint density at radius 1 is 1.12 bits per heavy atom. The first-order valence-corrected chi connectivity index (χ1v) is 13.4. The van der Waals surface area contributed by atoms with Crippen LogP contribution >= 0.6 is 11.3 Å². The van der Waals surface area contributed by atoms with Crippen LogP contribution in [0.4, 0.5) is 0 Å². The molecule has 0 unspecified atom stereocenters. The van der Waals surface area contributed by atoms with Crippen molar-refractivity contribution in [1.29, 1.82) is 0 Å². The standard InChI is InChI=1S/C27H41N3O2S/c1-26(2)10-11-27(3,4)21-15-19(5-6-20(21)26)23-17-33-25(29-23)18-7-12-30(13-8-18)14-9-24(32)22(28)16-31/h5-6,15,17-18,22,24,31-32H,7-14,16,28H2,1-4H3/t22-,24-/m0/s1. The van der Waals surface area contributed by atoms with Gasteiger partial charge in [-0.05, 0) is 73.2 Å². The Labute approximate surface area is 203 Å². The highest BCUT2D eigenvalue weighted by Gasteiger charge is 2.37. The van der Waals surface area contributed by atoms with E-state index in [0.717, 1.165) is 38.2 Å². The summed E-state index contributed by atoms with van der Waals surface area (Å²) in [5, 5.41) is 22.6. The van der Waals surface area contributed by atoms with Gasteiger partial charge in [-0.3, -0.25) is 0 Å². The zero-order chi connectivity index (χ0) is 23.8. The molecule has 2 heterocycles. The van der Waals surface area contributed by atoms with E-state index >= 15 is 0 Å². The highest BCUT2D eigenvalue weighted by atomic mass is 32.1. The van der Waals surface area contributed by atoms with Gasteiger partial charge in [0.25, 0.3) is 0 Å². The Morgan fingerprint density at radius 2 is 1.79 bits per heavy atom. The zero-order valence-electron chi connectivity index (χ0n) is 20.7. The number of piperidine rings is 1. The molecule has 2 atom stereocenters. The molecular weight excluding hydrogens is 430 g/mol. The number of nitrogens with zero attached hydrogens (tertiary/aromatic N) is 2. The first-order valence-electron chi connectivity index (χ1n) is 12.5. The van der Waals surface area contributed by atoms with Gasteiger partial charge in [-0.15, -0.1) is 11.3 Å². The summed E-state index contributed by atoms with van der Waals surface area (Å²) in [4.78, 5) is 7.48. The Hall–Kier alpha value is -1.31. The summed E-state index contributed by atoms with van der Waals surface area (Å²) in [7, 11) is 0. The van der Waals surface area contributed by atoms with E-state index in [1.165, 1.54) is 34.5 Å². The number of rotatable bonds is 7. The second kappa shape index (κ2) is 9.74. The lowest BCUT2D eigenvalue weighted by atomic mass is 9.63. The summed E-state index contributed by atoms with van der Waals surface area (Å²) in [5.41, 5.74) is 11.5. The fourth-order valence-corrected chi connectivity index (χ4v) is 6.41. The molecule has 1 aliphatic heterocycles. The lowest BCUT2D eigenvalue weighted by molar-refractivity contribution is 0.0848. The highest BCUT2D eigenvalue weighted by Crippen LogP contribution is 2.47. The minimum Gasteiger partial charge on any atom is -0.395 e. The fraction of sp³-hybridized carbons (Fsp3) is 0.667. The molecule has 1 saturated heterocycles. The summed E-state index contributed by atoms with van der Waals surface area (Å²) in [6, 6.07) is 6.48. The average Bonchev–Trinajstić information content (AvgIpc) is 3.30. The average molecular weight is 472 g/mol. The largest absolute Gasteiger partial charge is 0.395 e. The third-order valence-corrected chi connectivity index (χ3v) is 9.06. The summed E-state index contributed by atoms with van der Waals surface area (Å²) in [5.74, 6) is 0.512. The summed E-state index contributed by atoms with van der Waals surface area (Å²) in [6.45, 7) is 12.2. The van der Waals surface area contributed by atoms with Crippen molar-refractivity contribution in [2.24, 2.45) is 5.73 Å². The first kappa shape index (κ1) is 24.8. The molecule has 0 bridgehead atoms.